The molecule has 1 unspecified atom stereocenters. The fraction of sp³-hybridized carbons (Fsp3) is 0.188. The number of hydrogen-bond donors (Lipinski definition) is 4. The van der Waals surface area contributed by atoms with E-state index >= 15 is 0 Å². The van der Waals surface area contributed by atoms with Gasteiger partial charge in [-0.1, -0.05) is 48.5 Å². The van der Waals surface area contributed by atoms with E-state index in [9.17, 15) is 9.90 Å². The van der Waals surface area contributed by atoms with Crippen molar-refractivity contribution in [2.45, 2.75) is 6.10 Å². The van der Waals surface area contributed by atoms with Gasteiger partial charge in [-0.15, -0.1) is 0 Å². The Morgan fingerprint density at radius 2 is 1.71 bits per heavy atom. The van der Waals surface area contributed by atoms with Crippen molar-refractivity contribution in [3.8, 4) is 11.1 Å². The summed E-state index contributed by atoms with van der Waals surface area (Å²) in [6.07, 6.45) is -0.958. The minimum Gasteiger partial charge on any atom is -0.394 e. The molecule has 0 radical (unpaired) electrons. The zero-order valence-electron chi connectivity index (χ0n) is 11.5. The van der Waals surface area contributed by atoms with Crippen LogP contribution >= 0.6 is 0 Å². The zero-order valence-corrected chi connectivity index (χ0v) is 11.5. The van der Waals surface area contributed by atoms with Crippen molar-refractivity contribution < 1.29 is 15.0 Å². The van der Waals surface area contributed by atoms with Gasteiger partial charge in [0.25, 0.3) is 0 Å². The van der Waals surface area contributed by atoms with Crippen molar-refractivity contribution in [1.82, 2.24) is 5.32 Å². The molecule has 2 aromatic rings. The number of benzene rings is 2. The first-order valence-corrected chi connectivity index (χ1v) is 6.69. The Hall–Kier alpha value is -2.37. The summed E-state index contributed by atoms with van der Waals surface area (Å²) >= 11 is 0. The smallest absolute Gasteiger partial charge is 0.319 e. The molecule has 0 aliphatic rings. The van der Waals surface area contributed by atoms with E-state index in [-0.39, 0.29) is 13.2 Å². The van der Waals surface area contributed by atoms with Gasteiger partial charge >= 0.3 is 6.03 Å². The third-order valence-electron chi connectivity index (χ3n) is 2.97. The summed E-state index contributed by atoms with van der Waals surface area (Å²) in [7, 11) is 0. The third kappa shape index (κ3) is 4.30. The topological polar surface area (TPSA) is 81.6 Å². The first-order valence-electron chi connectivity index (χ1n) is 6.69. The van der Waals surface area contributed by atoms with Gasteiger partial charge in [0.05, 0.1) is 18.4 Å². The van der Waals surface area contributed by atoms with Gasteiger partial charge in [0.1, 0.15) is 0 Å². The fourth-order valence-electron chi connectivity index (χ4n) is 1.90. The zero-order chi connectivity index (χ0) is 15.1. The average Bonchev–Trinajstić information content (AvgIpc) is 2.54. The molecule has 5 heteroatoms. The lowest BCUT2D eigenvalue weighted by atomic mass is 10.0. The summed E-state index contributed by atoms with van der Waals surface area (Å²) in [5.41, 5.74) is 2.60. The monoisotopic (exact) mass is 286 g/mol. The molecule has 2 aromatic carbocycles. The average molecular weight is 286 g/mol. The molecule has 0 aliphatic heterocycles. The van der Waals surface area contributed by atoms with Crippen molar-refractivity contribution in [1.29, 1.82) is 0 Å². The quantitative estimate of drug-likeness (QED) is 0.677. The lowest BCUT2D eigenvalue weighted by Crippen LogP contribution is -2.36. The summed E-state index contributed by atoms with van der Waals surface area (Å²) in [6.45, 7) is -0.392. The Labute approximate surface area is 123 Å². The van der Waals surface area contributed by atoms with Crippen LogP contribution in [0.15, 0.2) is 54.6 Å². The van der Waals surface area contributed by atoms with Gasteiger partial charge in [-0.3, -0.25) is 0 Å². The maximum Gasteiger partial charge on any atom is 0.319 e. The predicted molar refractivity (Wildman–Crippen MR) is 82.0 cm³/mol. The molecule has 0 aromatic heterocycles. The van der Waals surface area contributed by atoms with Crippen molar-refractivity contribution >= 4 is 11.7 Å². The van der Waals surface area contributed by atoms with Gasteiger partial charge in [-0.05, 0) is 11.6 Å². The van der Waals surface area contributed by atoms with E-state index < -0.39 is 12.1 Å². The number of aliphatic hydroxyl groups is 2. The minimum atomic E-state index is -0.958. The van der Waals surface area contributed by atoms with Crippen LogP contribution in [0, 0.1) is 0 Å². The molecule has 5 nitrogen and oxygen atoms in total. The van der Waals surface area contributed by atoms with Crippen LogP contribution in [0.2, 0.25) is 0 Å². The van der Waals surface area contributed by atoms with E-state index in [0.717, 1.165) is 11.1 Å². The standard InChI is InChI=1S/C16H18N2O3/c19-11-13(20)10-17-16(21)18-15-9-5-4-8-14(15)12-6-2-1-3-7-12/h1-9,13,19-20H,10-11H2,(H2,17,18,21). The molecule has 0 fully saturated rings. The van der Waals surface area contributed by atoms with Crippen LogP contribution in [-0.4, -0.2) is 35.5 Å². The van der Waals surface area contributed by atoms with Gasteiger partial charge in [-0.25, -0.2) is 4.79 Å². The lowest BCUT2D eigenvalue weighted by molar-refractivity contribution is 0.0965. The summed E-state index contributed by atoms with van der Waals surface area (Å²) in [6, 6.07) is 16.8. The van der Waals surface area contributed by atoms with E-state index in [2.05, 4.69) is 10.6 Å². The number of anilines is 1. The van der Waals surface area contributed by atoms with E-state index in [0.29, 0.717) is 5.69 Å². The van der Waals surface area contributed by atoms with Crippen LogP contribution < -0.4 is 10.6 Å². The number of urea groups is 1. The number of para-hydroxylation sites is 1. The Balaban J connectivity index is 2.09. The number of carbonyl (C=O) groups is 1. The Bertz CT molecular complexity index is 587. The number of amides is 2. The molecule has 0 spiro atoms. The minimum absolute atomic E-state index is 0.00413. The molecule has 0 heterocycles. The molecule has 0 saturated heterocycles. The summed E-state index contributed by atoms with van der Waals surface area (Å²) in [5, 5.41) is 23.2. The maximum atomic E-state index is 11.8. The normalized spacial score (nSPS) is 11.7. The van der Waals surface area contributed by atoms with Gasteiger partial charge in [0.2, 0.25) is 0 Å². The molecular formula is C16H18N2O3. The Kier molecular flexibility index (Phi) is 5.31. The van der Waals surface area contributed by atoms with Crippen LogP contribution in [-0.2, 0) is 0 Å². The highest BCUT2D eigenvalue weighted by molar-refractivity contribution is 5.94. The number of aliphatic hydroxyl groups excluding tert-OH is 2. The first-order chi connectivity index (χ1) is 10.2. The first kappa shape index (κ1) is 15.0. The van der Waals surface area contributed by atoms with Crippen LogP contribution in [0.25, 0.3) is 11.1 Å². The van der Waals surface area contributed by atoms with E-state index in [4.69, 9.17) is 5.11 Å². The highest BCUT2D eigenvalue weighted by Gasteiger charge is 2.09. The van der Waals surface area contributed by atoms with Crippen LogP contribution in [0.5, 0.6) is 0 Å². The van der Waals surface area contributed by atoms with E-state index in [1.807, 2.05) is 54.6 Å². The molecule has 2 rings (SSSR count). The maximum absolute atomic E-state index is 11.8. The van der Waals surface area contributed by atoms with Crippen molar-refractivity contribution in [2.24, 2.45) is 0 Å². The highest BCUT2D eigenvalue weighted by Crippen LogP contribution is 2.27. The molecule has 0 bridgehead atoms. The van der Waals surface area contributed by atoms with Gasteiger partial charge < -0.3 is 20.8 Å². The molecule has 0 aliphatic carbocycles. The number of nitrogens with one attached hydrogen (secondary N) is 2. The van der Waals surface area contributed by atoms with Crippen LogP contribution in [0.3, 0.4) is 0 Å². The highest BCUT2D eigenvalue weighted by atomic mass is 16.3. The second-order valence-electron chi connectivity index (χ2n) is 4.58. The van der Waals surface area contributed by atoms with E-state index in [1.165, 1.54) is 0 Å². The molecule has 4 N–H and O–H groups in total. The summed E-state index contributed by atoms with van der Waals surface area (Å²) in [5.74, 6) is 0. The number of carbonyl (C=O) groups excluding carboxylic acids is 1. The number of hydrogen-bond acceptors (Lipinski definition) is 3. The van der Waals surface area contributed by atoms with Crippen molar-refractivity contribution in [3.05, 3.63) is 54.6 Å². The molecule has 1 atom stereocenters. The molecule has 110 valence electrons. The van der Waals surface area contributed by atoms with Crippen molar-refractivity contribution in [3.63, 3.8) is 0 Å². The van der Waals surface area contributed by atoms with Gasteiger partial charge in [0.15, 0.2) is 0 Å². The fourth-order valence-corrected chi connectivity index (χ4v) is 1.90. The third-order valence-corrected chi connectivity index (χ3v) is 2.97. The Morgan fingerprint density at radius 3 is 2.43 bits per heavy atom. The largest absolute Gasteiger partial charge is 0.394 e. The van der Waals surface area contributed by atoms with Crippen LogP contribution in [0.1, 0.15) is 0 Å². The predicted octanol–water partition coefficient (Wildman–Crippen LogP) is 1.83. The molecule has 0 saturated carbocycles. The van der Waals surface area contributed by atoms with Crippen molar-refractivity contribution in [2.75, 3.05) is 18.5 Å². The molecule has 21 heavy (non-hydrogen) atoms. The summed E-state index contributed by atoms with van der Waals surface area (Å²) in [4.78, 5) is 11.8. The SMILES string of the molecule is O=C(NCC(O)CO)Nc1ccccc1-c1ccccc1. The van der Waals surface area contributed by atoms with Crippen LogP contribution in [0.4, 0.5) is 10.5 Å². The summed E-state index contributed by atoms with van der Waals surface area (Å²) < 4.78 is 0. The second kappa shape index (κ2) is 7.42. The Morgan fingerprint density at radius 1 is 1.05 bits per heavy atom. The lowest BCUT2D eigenvalue weighted by Gasteiger charge is -2.13. The molecular weight excluding hydrogens is 268 g/mol. The number of rotatable bonds is 5. The van der Waals surface area contributed by atoms with Gasteiger partial charge in [-0.2, -0.15) is 0 Å². The van der Waals surface area contributed by atoms with Gasteiger partial charge in [0, 0.05) is 12.1 Å². The van der Waals surface area contributed by atoms with E-state index in [1.54, 1.807) is 0 Å². The second-order valence-corrected chi connectivity index (χ2v) is 4.58. The molecule has 2 amide bonds.